The van der Waals surface area contributed by atoms with Crippen molar-refractivity contribution in [3.05, 3.63) is 54.4 Å². The number of fused-ring (bicyclic) bond motifs is 1. The SMILES string of the molecule is C=C1CC(Cl)C(NC(=O)c2nccc3ccccc23)CC1F. The first-order chi connectivity index (χ1) is 10.6. The number of amides is 1. The van der Waals surface area contributed by atoms with Crippen LogP contribution in [-0.4, -0.2) is 28.5 Å². The van der Waals surface area contributed by atoms with Crippen molar-refractivity contribution in [2.45, 2.75) is 30.4 Å². The Balaban J connectivity index is 1.83. The summed E-state index contributed by atoms with van der Waals surface area (Å²) in [6.45, 7) is 3.67. The summed E-state index contributed by atoms with van der Waals surface area (Å²) in [7, 11) is 0. The van der Waals surface area contributed by atoms with E-state index in [1.165, 1.54) is 0 Å². The fourth-order valence-corrected chi connectivity index (χ4v) is 3.11. The molecule has 3 atom stereocenters. The molecule has 0 radical (unpaired) electrons. The highest BCUT2D eigenvalue weighted by Crippen LogP contribution is 2.29. The van der Waals surface area contributed by atoms with Crippen molar-refractivity contribution in [1.29, 1.82) is 0 Å². The monoisotopic (exact) mass is 318 g/mol. The molecular formula is C17H16ClFN2O. The Bertz CT molecular complexity index is 728. The molecule has 5 heteroatoms. The lowest BCUT2D eigenvalue weighted by atomic mass is 9.89. The zero-order valence-electron chi connectivity index (χ0n) is 11.9. The lowest BCUT2D eigenvalue weighted by Gasteiger charge is -2.31. The third kappa shape index (κ3) is 2.83. The topological polar surface area (TPSA) is 42.0 Å². The maximum Gasteiger partial charge on any atom is 0.270 e. The van der Waals surface area contributed by atoms with E-state index < -0.39 is 12.2 Å². The first-order valence-corrected chi connectivity index (χ1v) is 7.60. The van der Waals surface area contributed by atoms with Gasteiger partial charge in [0.2, 0.25) is 0 Å². The molecule has 3 rings (SSSR count). The molecule has 1 aromatic carbocycles. The average molecular weight is 319 g/mol. The maximum atomic E-state index is 13.8. The van der Waals surface area contributed by atoms with Crippen LogP contribution in [0, 0.1) is 0 Å². The van der Waals surface area contributed by atoms with Crippen molar-refractivity contribution in [2.75, 3.05) is 0 Å². The highest BCUT2D eigenvalue weighted by Gasteiger charge is 2.33. The minimum Gasteiger partial charge on any atom is -0.346 e. The normalized spacial score (nSPS) is 25.2. The van der Waals surface area contributed by atoms with Gasteiger partial charge in [0.15, 0.2) is 0 Å². The van der Waals surface area contributed by atoms with Crippen LogP contribution in [0.3, 0.4) is 0 Å². The predicted molar refractivity (Wildman–Crippen MR) is 85.9 cm³/mol. The number of pyridine rings is 1. The molecule has 1 N–H and O–H groups in total. The molecule has 1 heterocycles. The number of carbonyl (C=O) groups excluding carboxylic acids is 1. The minimum atomic E-state index is -1.12. The van der Waals surface area contributed by atoms with Crippen molar-refractivity contribution >= 4 is 28.3 Å². The number of allylic oxidation sites excluding steroid dienone is 1. The first kappa shape index (κ1) is 15.0. The van der Waals surface area contributed by atoms with Crippen LogP contribution in [0.25, 0.3) is 10.8 Å². The summed E-state index contributed by atoms with van der Waals surface area (Å²) >= 11 is 6.23. The van der Waals surface area contributed by atoms with Gasteiger partial charge in [-0.05, 0) is 23.4 Å². The number of aromatic nitrogens is 1. The van der Waals surface area contributed by atoms with E-state index in [2.05, 4.69) is 16.9 Å². The summed E-state index contributed by atoms with van der Waals surface area (Å²) in [5.74, 6) is -0.327. The minimum absolute atomic E-state index is 0.156. The van der Waals surface area contributed by atoms with Gasteiger partial charge in [-0.25, -0.2) is 4.39 Å². The van der Waals surface area contributed by atoms with Gasteiger partial charge in [-0.1, -0.05) is 30.8 Å². The highest BCUT2D eigenvalue weighted by atomic mass is 35.5. The van der Waals surface area contributed by atoms with Crippen molar-refractivity contribution in [3.63, 3.8) is 0 Å². The lowest BCUT2D eigenvalue weighted by Crippen LogP contribution is -2.46. The molecule has 0 aliphatic heterocycles. The van der Waals surface area contributed by atoms with Crippen LogP contribution >= 0.6 is 11.6 Å². The molecule has 1 fully saturated rings. The van der Waals surface area contributed by atoms with Crippen LogP contribution in [0.5, 0.6) is 0 Å². The zero-order valence-corrected chi connectivity index (χ0v) is 12.7. The largest absolute Gasteiger partial charge is 0.346 e. The lowest BCUT2D eigenvalue weighted by molar-refractivity contribution is 0.0920. The van der Waals surface area contributed by atoms with Gasteiger partial charge >= 0.3 is 0 Å². The van der Waals surface area contributed by atoms with E-state index in [0.29, 0.717) is 17.7 Å². The van der Waals surface area contributed by atoms with E-state index >= 15 is 0 Å². The summed E-state index contributed by atoms with van der Waals surface area (Å²) in [6, 6.07) is 8.94. The summed E-state index contributed by atoms with van der Waals surface area (Å²) in [5, 5.41) is 4.17. The van der Waals surface area contributed by atoms with Gasteiger partial charge < -0.3 is 5.32 Å². The number of hydrogen-bond acceptors (Lipinski definition) is 2. The third-order valence-corrected chi connectivity index (χ3v) is 4.46. The second-order valence-corrected chi connectivity index (χ2v) is 6.10. The molecule has 0 bridgehead atoms. The van der Waals surface area contributed by atoms with Crippen LogP contribution in [0.1, 0.15) is 23.3 Å². The van der Waals surface area contributed by atoms with Gasteiger partial charge in [0, 0.05) is 24.0 Å². The quantitative estimate of drug-likeness (QED) is 0.678. The Morgan fingerprint density at radius 2 is 2.14 bits per heavy atom. The Morgan fingerprint density at radius 3 is 2.95 bits per heavy atom. The van der Waals surface area contributed by atoms with Crippen LogP contribution in [0.2, 0.25) is 0 Å². The van der Waals surface area contributed by atoms with Crippen LogP contribution in [-0.2, 0) is 0 Å². The number of benzene rings is 1. The Hall–Kier alpha value is -1.94. The molecular weight excluding hydrogens is 303 g/mol. The van der Waals surface area contributed by atoms with E-state index in [1.54, 1.807) is 6.20 Å². The number of hydrogen-bond donors (Lipinski definition) is 1. The number of nitrogens with one attached hydrogen (secondary N) is 1. The van der Waals surface area contributed by atoms with Gasteiger partial charge in [-0.15, -0.1) is 11.6 Å². The standard InChI is InChI=1S/C17H16ClFN2O/c1-10-8-13(18)15(9-14(10)19)21-17(22)16-12-5-3-2-4-11(12)6-7-20-16/h2-7,13-15H,1,8-9H2,(H,21,22). The first-order valence-electron chi connectivity index (χ1n) is 7.16. The van der Waals surface area contributed by atoms with E-state index in [-0.39, 0.29) is 17.7 Å². The van der Waals surface area contributed by atoms with Gasteiger partial charge in [0.1, 0.15) is 11.9 Å². The summed E-state index contributed by atoms with van der Waals surface area (Å²) in [5.41, 5.74) is 0.829. The molecule has 114 valence electrons. The van der Waals surface area contributed by atoms with Gasteiger partial charge in [0.25, 0.3) is 5.91 Å². The fraction of sp³-hybridized carbons (Fsp3) is 0.294. The Labute approximate surface area is 133 Å². The summed E-state index contributed by atoms with van der Waals surface area (Å²) in [4.78, 5) is 16.6. The van der Waals surface area contributed by atoms with E-state index in [4.69, 9.17) is 11.6 Å². The molecule has 0 saturated heterocycles. The number of nitrogens with zero attached hydrogens (tertiary/aromatic N) is 1. The molecule has 3 unspecified atom stereocenters. The molecule has 1 aliphatic rings. The van der Waals surface area contributed by atoms with Crippen molar-refractivity contribution in [1.82, 2.24) is 10.3 Å². The van der Waals surface area contributed by atoms with Crippen LogP contribution < -0.4 is 5.32 Å². The number of alkyl halides is 2. The molecule has 1 amide bonds. The summed E-state index contributed by atoms with van der Waals surface area (Å²) in [6.07, 6.45) is 0.997. The highest BCUT2D eigenvalue weighted by molar-refractivity contribution is 6.21. The molecule has 3 nitrogen and oxygen atoms in total. The molecule has 0 spiro atoms. The van der Waals surface area contributed by atoms with Gasteiger partial charge in [-0.2, -0.15) is 0 Å². The van der Waals surface area contributed by atoms with E-state index in [1.807, 2.05) is 30.3 Å². The van der Waals surface area contributed by atoms with Gasteiger partial charge in [-0.3, -0.25) is 9.78 Å². The zero-order chi connectivity index (χ0) is 15.7. The maximum absolute atomic E-state index is 13.8. The van der Waals surface area contributed by atoms with E-state index in [0.717, 1.165) is 10.8 Å². The van der Waals surface area contributed by atoms with E-state index in [9.17, 15) is 9.18 Å². The average Bonchev–Trinajstić information content (AvgIpc) is 2.52. The smallest absolute Gasteiger partial charge is 0.270 e. The van der Waals surface area contributed by atoms with Crippen LogP contribution in [0.15, 0.2) is 48.7 Å². The van der Waals surface area contributed by atoms with Crippen molar-refractivity contribution in [3.8, 4) is 0 Å². The summed E-state index contributed by atoms with van der Waals surface area (Å²) < 4.78 is 13.8. The molecule has 2 aromatic rings. The number of rotatable bonds is 2. The third-order valence-electron chi connectivity index (χ3n) is 4.00. The van der Waals surface area contributed by atoms with Crippen molar-refractivity contribution in [2.24, 2.45) is 0 Å². The van der Waals surface area contributed by atoms with Crippen LogP contribution in [0.4, 0.5) is 4.39 Å². The van der Waals surface area contributed by atoms with Gasteiger partial charge in [0.05, 0.1) is 5.38 Å². The Morgan fingerprint density at radius 1 is 1.36 bits per heavy atom. The fourth-order valence-electron chi connectivity index (χ4n) is 2.74. The molecule has 1 aliphatic carbocycles. The second-order valence-electron chi connectivity index (χ2n) is 5.54. The Kier molecular flexibility index (Phi) is 4.12. The molecule has 1 saturated carbocycles. The molecule has 22 heavy (non-hydrogen) atoms. The second kappa shape index (κ2) is 6.05. The number of carbonyl (C=O) groups is 1. The molecule has 1 aromatic heterocycles. The predicted octanol–water partition coefficient (Wildman–Crippen LogP) is 3.63. The van der Waals surface area contributed by atoms with Crippen molar-refractivity contribution < 1.29 is 9.18 Å². The number of halogens is 2.